The summed E-state index contributed by atoms with van der Waals surface area (Å²) in [6, 6.07) is 4.60. The molecule has 1 fully saturated rings. The number of carbonyl (C=O) groups is 3. The number of imide groups is 1. The van der Waals surface area contributed by atoms with Crippen molar-refractivity contribution in [1.29, 1.82) is 0 Å². The van der Waals surface area contributed by atoms with Crippen LogP contribution >= 0.6 is 11.6 Å². The molecule has 1 aromatic carbocycles. The van der Waals surface area contributed by atoms with Gasteiger partial charge in [0.1, 0.15) is 11.6 Å². The highest BCUT2D eigenvalue weighted by molar-refractivity contribution is 6.30. The Bertz CT molecular complexity index is 601. The predicted molar refractivity (Wildman–Crippen MR) is 75.9 cm³/mol. The van der Waals surface area contributed by atoms with Crippen LogP contribution in [0.5, 0.6) is 0 Å². The fraction of sp³-hybridized carbons (Fsp3) is 0.357. The lowest BCUT2D eigenvalue weighted by Gasteiger charge is -2.24. The first-order chi connectivity index (χ1) is 9.81. The second-order valence-electron chi connectivity index (χ2n) is 5.00. The molecule has 0 bridgehead atoms. The van der Waals surface area contributed by atoms with Gasteiger partial charge in [0.15, 0.2) is 0 Å². The lowest BCUT2D eigenvalue weighted by atomic mass is 9.92. The molecule has 0 aromatic heterocycles. The van der Waals surface area contributed by atoms with Crippen LogP contribution in [0.1, 0.15) is 25.8 Å². The van der Waals surface area contributed by atoms with Crippen molar-refractivity contribution in [1.82, 2.24) is 10.2 Å². The van der Waals surface area contributed by atoms with Crippen molar-refractivity contribution in [3.05, 3.63) is 34.9 Å². The maximum absolute atomic E-state index is 12.6. The summed E-state index contributed by atoms with van der Waals surface area (Å²) in [7, 11) is 0. The van der Waals surface area contributed by atoms with Crippen molar-refractivity contribution in [2.24, 2.45) is 0 Å². The second kappa shape index (κ2) is 5.37. The SMILES string of the molecule is CCC(C(=O)O)N1C(=O)NC(C)(c2ccc(Cl)cc2)C1=O. The summed E-state index contributed by atoms with van der Waals surface area (Å²) in [6.07, 6.45) is 0.144. The molecule has 1 heterocycles. The topological polar surface area (TPSA) is 86.7 Å². The summed E-state index contributed by atoms with van der Waals surface area (Å²) in [6.45, 7) is 3.16. The third kappa shape index (κ3) is 2.47. The van der Waals surface area contributed by atoms with E-state index in [1.54, 1.807) is 38.1 Å². The number of benzene rings is 1. The van der Waals surface area contributed by atoms with Gasteiger partial charge >= 0.3 is 12.0 Å². The largest absolute Gasteiger partial charge is 0.480 e. The number of aliphatic carboxylic acids is 1. The van der Waals surface area contributed by atoms with Crippen LogP contribution in [0.15, 0.2) is 24.3 Å². The predicted octanol–water partition coefficient (Wildman–Crippen LogP) is 1.97. The molecule has 6 nitrogen and oxygen atoms in total. The Hall–Kier alpha value is -2.08. The molecule has 2 atom stereocenters. The number of halogens is 1. The maximum Gasteiger partial charge on any atom is 0.326 e. The Morgan fingerprint density at radius 3 is 2.43 bits per heavy atom. The highest BCUT2D eigenvalue weighted by Gasteiger charge is 2.52. The number of hydrogen-bond donors (Lipinski definition) is 2. The molecule has 0 radical (unpaired) electrons. The Morgan fingerprint density at radius 2 is 1.95 bits per heavy atom. The molecule has 2 rings (SSSR count). The number of hydrogen-bond acceptors (Lipinski definition) is 3. The average Bonchev–Trinajstić information content (AvgIpc) is 2.64. The van der Waals surface area contributed by atoms with E-state index in [0.29, 0.717) is 10.6 Å². The van der Waals surface area contributed by atoms with Gasteiger partial charge < -0.3 is 10.4 Å². The number of amides is 3. The molecule has 0 aliphatic carbocycles. The first-order valence-electron chi connectivity index (χ1n) is 6.46. The van der Waals surface area contributed by atoms with E-state index in [1.165, 1.54) is 0 Å². The van der Waals surface area contributed by atoms with Crippen molar-refractivity contribution >= 4 is 29.5 Å². The van der Waals surface area contributed by atoms with E-state index in [4.69, 9.17) is 16.7 Å². The second-order valence-corrected chi connectivity index (χ2v) is 5.44. The Kier molecular flexibility index (Phi) is 3.91. The van der Waals surface area contributed by atoms with E-state index >= 15 is 0 Å². The monoisotopic (exact) mass is 310 g/mol. The smallest absolute Gasteiger partial charge is 0.326 e. The summed E-state index contributed by atoms with van der Waals surface area (Å²) in [5.41, 5.74) is -0.738. The van der Waals surface area contributed by atoms with E-state index < -0.39 is 29.5 Å². The van der Waals surface area contributed by atoms with Gasteiger partial charge in [0.2, 0.25) is 0 Å². The average molecular weight is 311 g/mol. The molecule has 3 amide bonds. The Labute approximate surface area is 126 Å². The van der Waals surface area contributed by atoms with Crippen molar-refractivity contribution in [2.45, 2.75) is 31.8 Å². The van der Waals surface area contributed by atoms with Crippen LogP contribution in [0.3, 0.4) is 0 Å². The van der Waals surface area contributed by atoms with Gasteiger partial charge in [0.05, 0.1) is 0 Å². The van der Waals surface area contributed by atoms with Crippen LogP contribution in [0.4, 0.5) is 4.79 Å². The van der Waals surface area contributed by atoms with Gasteiger partial charge in [-0.15, -0.1) is 0 Å². The van der Waals surface area contributed by atoms with E-state index in [2.05, 4.69) is 5.32 Å². The van der Waals surface area contributed by atoms with Crippen molar-refractivity contribution in [2.75, 3.05) is 0 Å². The molecular formula is C14H15ClN2O4. The van der Waals surface area contributed by atoms with Crippen LogP contribution in [-0.4, -0.2) is 34.0 Å². The molecule has 1 saturated heterocycles. The number of carboxylic acid groups (broad SMARTS) is 1. The summed E-state index contributed by atoms with van der Waals surface area (Å²) >= 11 is 5.81. The van der Waals surface area contributed by atoms with Gasteiger partial charge in [-0.2, -0.15) is 0 Å². The molecule has 1 aliphatic heterocycles. The molecular weight excluding hydrogens is 296 g/mol. The third-order valence-corrected chi connectivity index (χ3v) is 3.88. The number of rotatable bonds is 4. The minimum Gasteiger partial charge on any atom is -0.480 e. The Balaban J connectivity index is 2.41. The minimum atomic E-state index is -1.29. The van der Waals surface area contributed by atoms with Crippen molar-refractivity contribution in [3.63, 3.8) is 0 Å². The van der Waals surface area contributed by atoms with E-state index in [0.717, 1.165) is 4.90 Å². The molecule has 7 heteroatoms. The zero-order valence-electron chi connectivity index (χ0n) is 11.6. The molecule has 1 aromatic rings. The Morgan fingerprint density at radius 1 is 1.38 bits per heavy atom. The fourth-order valence-corrected chi connectivity index (χ4v) is 2.52. The van der Waals surface area contributed by atoms with Gasteiger partial charge in [-0.1, -0.05) is 30.7 Å². The lowest BCUT2D eigenvalue weighted by Crippen LogP contribution is -2.46. The van der Waals surface area contributed by atoms with E-state index in [1.807, 2.05) is 0 Å². The van der Waals surface area contributed by atoms with Gasteiger partial charge in [-0.3, -0.25) is 4.79 Å². The van der Waals surface area contributed by atoms with E-state index in [-0.39, 0.29) is 6.42 Å². The molecule has 0 saturated carbocycles. The van der Waals surface area contributed by atoms with Gasteiger partial charge in [0, 0.05) is 5.02 Å². The van der Waals surface area contributed by atoms with Crippen molar-refractivity contribution < 1.29 is 19.5 Å². The molecule has 21 heavy (non-hydrogen) atoms. The third-order valence-electron chi connectivity index (χ3n) is 3.63. The minimum absolute atomic E-state index is 0.144. The number of carbonyl (C=O) groups excluding carboxylic acids is 2. The number of urea groups is 1. The summed E-state index contributed by atoms with van der Waals surface area (Å²) in [5, 5.41) is 12.2. The number of nitrogens with zero attached hydrogens (tertiary/aromatic N) is 1. The summed E-state index contributed by atoms with van der Waals surface area (Å²) < 4.78 is 0. The van der Waals surface area contributed by atoms with Crippen LogP contribution in [0.25, 0.3) is 0 Å². The number of carboxylic acids is 1. The molecule has 0 spiro atoms. The zero-order valence-corrected chi connectivity index (χ0v) is 12.3. The van der Waals surface area contributed by atoms with Crippen LogP contribution in [0.2, 0.25) is 5.02 Å². The lowest BCUT2D eigenvalue weighted by molar-refractivity contribution is -0.147. The molecule has 1 aliphatic rings. The maximum atomic E-state index is 12.6. The zero-order chi connectivity index (χ0) is 15.8. The quantitative estimate of drug-likeness (QED) is 0.832. The summed E-state index contributed by atoms with van der Waals surface area (Å²) in [5.74, 6) is -1.79. The first-order valence-corrected chi connectivity index (χ1v) is 6.83. The van der Waals surface area contributed by atoms with Crippen molar-refractivity contribution in [3.8, 4) is 0 Å². The summed E-state index contributed by atoms with van der Waals surface area (Å²) in [4.78, 5) is 36.6. The highest BCUT2D eigenvalue weighted by Crippen LogP contribution is 2.31. The van der Waals surface area contributed by atoms with Gasteiger partial charge in [-0.25, -0.2) is 14.5 Å². The standard InChI is InChI=1S/C14H15ClN2O4/c1-3-10(11(18)19)17-12(20)14(2,16-13(17)21)8-4-6-9(15)7-5-8/h4-7,10H,3H2,1-2H3,(H,16,21)(H,18,19). The van der Waals surface area contributed by atoms with Crippen LogP contribution in [0, 0.1) is 0 Å². The van der Waals surface area contributed by atoms with Crippen LogP contribution in [-0.2, 0) is 15.1 Å². The van der Waals surface area contributed by atoms with Crippen LogP contribution < -0.4 is 5.32 Å². The van der Waals surface area contributed by atoms with Gasteiger partial charge in [-0.05, 0) is 31.0 Å². The first kappa shape index (κ1) is 15.3. The van der Waals surface area contributed by atoms with E-state index in [9.17, 15) is 14.4 Å². The highest BCUT2D eigenvalue weighted by atomic mass is 35.5. The molecule has 112 valence electrons. The fourth-order valence-electron chi connectivity index (χ4n) is 2.39. The van der Waals surface area contributed by atoms with Gasteiger partial charge in [0.25, 0.3) is 5.91 Å². The normalized spacial score (nSPS) is 23.1. The molecule has 2 unspecified atom stereocenters. The molecule has 2 N–H and O–H groups in total. The number of nitrogens with one attached hydrogen (secondary N) is 1.